The first kappa shape index (κ1) is 26.3. The first-order chi connectivity index (χ1) is 12.9. The normalized spacial score (nSPS) is 19.2. The molecule has 15 heteroatoms. The van der Waals surface area contributed by atoms with Crippen molar-refractivity contribution in [3.8, 4) is 0 Å². The summed E-state index contributed by atoms with van der Waals surface area (Å²) in [7, 11) is -6.96. The molecule has 0 aliphatic heterocycles. The van der Waals surface area contributed by atoms with Gasteiger partial charge in [-0.25, -0.2) is 0 Å². The number of hydrogen-bond donors (Lipinski definition) is 0. The van der Waals surface area contributed by atoms with Gasteiger partial charge in [0, 0.05) is 5.92 Å². The Labute approximate surface area is 163 Å². The van der Waals surface area contributed by atoms with Gasteiger partial charge in [-0.2, -0.15) is 47.9 Å². The summed E-state index contributed by atoms with van der Waals surface area (Å²) < 4.78 is 144. The van der Waals surface area contributed by atoms with Crippen molar-refractivity contribution < 1.29 is 56.4 Å². The highest BCUT2D eigenvalue weighted by molar-refractivity contribution is 8.03. The Morgan fingerprint density at radius 2 is 1.41 bits per heavy atom. The smallest absolute Gasteiger partial charge is 0.295 e. The van der Waals surface area contributed by atoms with Gasteiger partial charge in [0.1, 0.15) is 5.75 Å². The van der Waals surface area contributed by atoms with Gasteiger partial charge in [-0.3, -0.25) is 4.79 Å². The van der Waals surface area contributed by atoms with Gasteiger partial charge in [0.15, 0.2) is 22.7 Å². The maximum atomic E-state index is 13.8. The largest absolute Gasteiger partial charge is 0.460 e. The van der Waals surface area contributed by atoms with Crippen molar-refractivity contribution in [2.75, 3.05) is 11.5 Å². The van der Waals surface area contributed by atoms with Crippen LogP contribution in [0.5, 0.6) is 0 Å². The Morgan fingerprint density at radius 3 is 1.83 bits per heavy atom. The fourth-order valence-corrected chi connectivity index (χ4v) is 6.28. The number of Topliss-reactive ketones (excluding diaryl/α,β-unsaturated/α-hetero) is 1. The highest BCUT2D eigenvalue weighted by atomic mass is 32.3. The van der Waals surface area contributed by atoms with Crippen molar-refractivity contribution in [1.82, 2.24) is 0 Å². The van der Waals surface area contributed by atoms with Gasteiger partial charge in [-0.05, 0) is 23.4 Å². The molecule has 1 rings (SSSR count). The highest BCUT2D eigenvalue weighted by Crippen LogP contribution is 2.55. The molecule has 0 radical (unpaired) electrons. The summed E-state index contributed by atoms with van der Waals surface area (Å²) in [6.45, 7) is 0.918. The Bertz CT molecular complexity index is 686. The summed E-state index contributed by atoms with van der Waals surface area (Å²) in [6.07, 6.45) is -3.92. The molecule has 0 spiro atoms. The van der Waals surface area contributed by atoms with E-state index in [2.05, 4.69) is 3.63 Å². The molecule has 0 bridgehead atoms. The highest BCUT2D eigenvalue weighted by Gasteiger charge is 2.86. The Kier molecular flexibility index (Phi) is 8.00. The van der Waals surface area contributed by atoms with E-state index in [1.54, 1.807) is 0 Å². The maximum absolute atomic E-state index is 13.8. The van der Waals surface area contributed by atoms with Crippen LogP contribution in [0, 0.1) is 5.92 Å². The molecule has 0 aromatic heterocycles. The topological polar surface area (TPSA) is 60.4 Å². The van der Waals surface area contributed by atoms with Gasteiger partial charge in [0.2, 0.25) is 0 Å². The minimum Gasteiger partial charge on any atom is -0.295 e. The van der Waals surface area contributed by atoms with Crippen molar-refractivity contribution in [2.45, 2.75) is 62.3 Å². The minimum absolute atomic E-state index is 0.299. The summed E-state index contributed by atoms with van der Waals surface area (Å²) in [4.78, 5) is 11.2. The molecule has 0 heterocycles. The number of carbonyl (C=O) groups excluding carboxylic acids is 1. The van der Waals surface area contributed by atoms with Crippen LogP contribution in [0.3, 0.4) is 0 Å². The second-order valence-electron chi connectivity index (χ2n) is 6.64. The van der Waals surface area contributed by atoms with Crippen LogP contribution in [0.2, 0.25) is 0 Å². The first-order valence-corrected chi connectivity index (χ1v) is 11.1. The number of hydrogen-bond acceptors (Lipinski definition) is 4. The van der Waals surface area contributed by atoms with E-state index < -0.39 is 56.1 Å². The zero-order chi connectivity index (χ0) is 22.9. The number of halogens is 9. The van der Waals surface area contributed by atoms with E-state index in [-0.39, 0.29) is 11.7 Å². The van der Waals surface area contributed by atoms with E-state index in [4.69, 9.17) is 0 Å². The molecule has 0 amide bonds. The van der Waals surface area contributed by atoms with Crippen LogP contribution in [-0.2, 0) is 29.7 Å². The third-order valence-electron chi connectivity index (χ3n) is 4.13. The SMILES string of the molecule is CC(=O)C[S+](CC1CCCCC1)OS(=O)(=O)C(F)(F)C(F)(F)C(F)(F)C(F)(F)F. The fraction of sp³-hybridized carbons (Fsp3) is 0.929. The quantitative estimate of drug-likeness (QED) is 0.358. The lowest BCUT2D eigenvalue weighted by atomic mass is 9.91. The molecule has 0 N–H and O–H groups in total. The Morgan fingerprint density at radius 1 is 0.931 bits per heavy atom. The predicted molar refractivity (Wildman–Crippen MR) is 85.3 cm³/mol. The van der Waals surface area contributed by atoms with Crippen molar-refractivity contribution in [3.63, 3.8) is 0 Å². The van der Waals surface area contributed by atoms with Gasteiger partial charge in [-0.15, -0.1) is 0 Å². The van der Waals surface area contributed by atoms with E-state index in [1.165, 1.54) is 0 Å². The number of carbonyl (C=O) groups is 1. The predicted octanol–water partition coefficient (Wildman–Crippen LogP) is 4.46. The van der Waals surface area contributed by atoms with Crippen LogP contribution < -0.4 is 0 Å². The maximum Gasteiger partial charge on any atom is 0.460 e. The van der Waals surface area contributed by atoms with Crippen LogP contribution in [0.4, 0.5) is 39.5 Å². The second kappa shape index (κ2) is 8.81. The van der Waals surface area contributed by atoms with Gasteiger partial charge < -0.3 is 0 Å². The Balaban J connectivity index is 3.18. The zero-order valence-electron chi connectivity index (χ0n) is 14.9. The van der Waals surface area contributed by atoms with Gasteiger partial charge in [0.05, 0.1) is 0 Å². The average Bonchev–Trinajstić information content (AvgIpc) is 2.53. The lowest BCUT2D eigenvalue weighted by molar-refractivity contribution is -0.382. The van der Waals surface area contributed by atoms with E-state index in [1.807, 2.05) is 0 Å². The second-order valence-corrected chi connectivity index (χ2v) is 10.1. The molecule has 172 valence electrons. The molecule has 1 aliphatic carbocycles. The molecule has 1 unspecified atom stereocenters. The lowest BCUT2D eigenvalue weighted by Gasteiger charge is -2.32. The van der Waals surface area contributed by atoms with Crippen LogP contribution >= 0.6 is 0 Å². The molecule has 0 aromatic rings. The fourth-order valence-electron chi connectivity index (χ4n) is 2.64. The Hall–Kier alpha value is -0.700. The molecule has 4 nitrogen and oxygen atoms in total. The molecule has 1 fully saturated rings. The summed E-state index contributed by atoms with van der Waals surface area (Å²) in [5.74, 6) is -16.9. The molecule has 29 heavy (non-hydrogen) atoms. The summed E-state index contributed by atoms with van der Waals surface area (Å²) >= 11 is -2.23. The van der Waals surface area contributed by atoms with Gasteiger partial charge >= 0.3 is 33.4 Å². The first-order valence-electron chi connectivity index (χ1n) is 8.18. The van der Waals surface area contributed by atoms with Crippen molar-refractivity contribution in [1.29, 1.82) is 0 Å². The van der Waals surface area contributed by atoms with E-state index in [0.29, 0.717) is 25.7 Å². The van der Waals surface area contributed by atoms with Crippen LogP contribution in [0.15, 0.2) is 0 Å². The molecule has 1 aliphatic rings. The van der Waals surface area contributed by atoms with Gasteiger partial charge in [-0.1, -0.05) is 19.3 Å². The molecule has 0 aromatic carbocycles. The van der Waals surface area contributed by atoms with Crippen LogP contribution in [-0.4, -0.2) is 49.0 Å². The average molecular weight is 485 g/mol. The van der Waals surface area contributed by atoms with Crippen LogP contribution in [0.1, 0.15) is 39.0 Å². The zero-order valence-corrected chi connectivity index (χ0v) is 16.5. The standard InChI is InChI=1S/C14H18F9O4S2/c1-9(24)7-28(8-10-5-3-2-4-6-10)27-29(25,26)14(22,23)12(17,18)11(15,16)13(19,20)21/h10H,2-8H2,1H3/q+1. The van der Waals surface area contributed by atoms with E-state index in [0.717, 1.165) is 13.3 Å². The monoisotopic (exact) mass is 485 g/mol. The molecule has 1 atom stereocenters. The molecular formula is C14H18F9O4S2+. The molecular weight excluding hydrogens is 467 g/mol. The van der Waals surface area contributed by atoms with Gasteiger partial charge in [0.25, 0.3) is 0 Å². The third-order valence-corrected chi connectivity index (χ3v) is 8.07. The van der Waals surface area contributed by atoms with Crippen LogP contribution in [0.25, 0.3) is 0 Å². The molecule has 0 saturated heterocycles. The van der Waals surface area contributed by atoms with Crippen molar-refractivity contribution in [3.05, 3.63) is 0 Å². The van der Waals surface area contributed by atoms with E-state index >= 15 is 0 Å². The summed E-state index contributed by atoms with van der Waals surface area (Å²) in [5.41, 5.74) is 0. The number of alkyl halides is 9. The number of ketones is 1. The summed E-state index contributed by atoms with van der Waals surface area (Å²) in [5, 5.41) is -6.91. The van der Waals surface area contributed by atoms with Crippen molar-refractivity contribution in [2.24, 2.45) is 5.92 Å². The molecule has 1 saturated carbocycles. The van der Waals surface area contributed by atoms with Crippen molar-refractivity contribution >= 4 is 27.1 Å². The lowest BCUT2D eigenvalue weighted by Crippen LogP contribution is -2.63. The van der Waals surface area contributed by atoms with E-state index in [9.17, 15) is 52.7 Å². The minimum atomic E-state index is -7.36. The third kappa shape index (κ3) is 5.51. The number of rotatable bonds is 9. The summed E-state index contributed by atoms with van der Waals surface area (Å²) in [6, 6.07) is 0.